The number of rotatable bonds is 4. The summed E-state index contributed by atoms with van der Waals surface area (Å²) in [6.45, 7) is 7.22. The monoisotopic (exact) mass is 211 g/mol. The van der Waals surface area contributed by atoms with E-state index >= 15 is 0 Å². The minimum atomic E-state index is 0.491. The second-order valence-corrected chi connectivity index (χ2v) is 4.02. The zero-order valence-corrected chi connectivity index (χ0v) is 9.39. The van der Waals surface area contributed by atoms with Crippen molar-refractivity contribution < 1.29 is 4.74 Å². The van der Waals surface area contributed by atoms with Gasteiger partial charge in [0.15, 0.2) is 5.13 Å². The van der Waals surface area contributed by atoms with Crippen LogP contribution in [0.2, 0.25) is 0 Å². The second kappa shape index (κ2) is 4.82. The van der Waals surface area contributed by atoms with Gasteiger partial charge in [-0.25, -0.2) is 6.57 Å². The van der Waals surface area contributed by atoms with Crippen LogP contribution >= 0.6 is 11.3 Å². The first-order valence-corrected chi connectivity index (χ1v) is 5.05. The zero-order chi connectivity index (χ0) is 10.6. The summed E-state index contributed by atoms with van der Waals surface area (Å²) in [5.41, 5.74) is 0. The molecule has 0 radical (unpaired) electrons. The number of aromatic nitrogens is 1. The van der Waals surface area contributed by atoms with Crippen molar-refractivity contribution in [2.75, 3.05) is 32.6 Å². The van der Waals surface area contributed by atoms with Crippen LogP contribution in [0.25, 0.3) is 4.85 Å². The van der Waals surface area contributed by atoms with E-state index in [1.807, 2.05) is 19.0 Å². The van der Waals surface area contributed by atoms with E-state index < -0.39 is 0 Å². The lowest BCUT2D eigenvalue weighted by atomic mass is 10.4. The van der Waals surface area contributed by atoms with Crippen LogP contribution in [0.3, 0.4) is 0 Å². The van der Waals surface area contributed by atoms with Gasteiger partial charge in [0.25, 0.3) is 0 Å². The SMILES string of the molecule is [C-]#[N+]CCc1sc(N(C)C)nc1OC. The van der Waals surface area contributed by atoms with Crippen LogP contribution in [0, 0.1) is 6.57 Å². The first-order valence-electron chi connectivity index (χ1n) is 4.23. The van der Waals surface area contributed by atoms with Crippen LogP contribution in [-0.4, -0.2) is 32.7 Å². The molecule has 14 heavy (non-hydrogen) atoms. The lowest BCUT2D eigenvalue weighted by Crippen LogP contribution is -2.07. The van der Waals surface area contributed by atoms with Crippen molar-refractivity contribution in [3.8, 4) is 5.88 Å². The number of hydrogen-bond acceptors (Lipinski definition) is 4. The van der Waals surface area contributed by atoms with E-state index in [9.17, 15) is 0 Å². The number of thiazole rings is 1. The largest absolute Gasteiger partial charge is 0.480 e. The minimum Gasteiger partial charge on any atom is -0.480 e. The van der Waals surface area contributed by atoms with Crippen molar-refractivity contribution in [2.45, 2.75) is 6.42 Å². The summed E-state index contributed by atoms with van der Waals surface area (Å²) in [7, 11) is 5.49. The molecule has 1 aromatic heterocycles. The van der Waals surface area contributed by atoms with Crippen LogP contribution in [-0.2, 0) is 6.42 Å². The molecule has 0 saturated carbocycles. The van der Waals surface area contributed by atoms with E-state index in [4.69, 9.17) is 11.3 Å². The first-order chi connectivity index (χ1) is 6.69. The van der Waals surface area contributed by atoms with Crippen molar-refractivity contribution in [1.29, 1.82) is 0 Å². The van der Waals surface area contributed by atoms with Crippen LogP contribution in [0.1, 0.15) is 4.88 Å². The third-order valence-electron chi connectivity index (χ3n) is 1.68. The fraction of sp³-hybridized carbons (Fsp3) is 0.556. The quantitative estimate of drug-likeness (QED) is 0.710. The Kier molecular flexibility index (Phi) is 3.72. The molecular weight excluding hydrogens is 198 g/mol. The van der Waals surface area contributed by atoms with Gasteiger partial charge in [-0.1, -0.05) is 11.3 Å². The Morgan fingerprint density at radius 3 is 2.79 bits per heavy atom. The highest BCUT2D eigenvalue weighted by molar-refractivity contribution is 7.15. The lowest BCUT2D eigenvalue weighted by Gasteiger charge is -2.04. The predicted molar refractivity (Wildman–Crippen MR) is 58.2 cm³/mol. The van der Waals surface area contributed by atoms with Gasteiger partial charge in [-0.2, -0.15) is 4.98 Å². The van der Waals surface area contributed by atoms with Gasteiger partial charge in [-0.3, -0.25) is 0 Å². The molecule has 0 amide bonds. The van der Waals surface area contributed by atoms with Gasteiger partial charge in [-0.15, -0.1) is 0 Å². The van der Waals surface area contributed by atoms with Crippen LogP contribution in [0.4, 0.5) is 5.13 Å². The zero-order valence-electron chi connectivity index (χ0n) is 8.57. The number of ether oxygens (including phenoxy) is 1. The van der Waals surface area contributed by atoms with Crippen LogP contribution < -0.4 is 9.64 Å². The van der Waals surface area contributed by atoms with Crippen molar-refractivity contribution in [3.05, 3.63) is 16.3 Å². The summed E-state index contributed by atoms with van der Waals surface area (Å²) in [5, 5.41) is 0.918. The Bertz CT molecular complexity index is 340. The molecule has 1 rings (SSSR count). The maximum absolute atomic E-state index is 6.73. The Hall–Kier alpha value is -1.28. The highest BCUT2D eigenvalue weighted by atomic mass is 32.1. The average molecular weight is 211 g/mol. The summed E-state index contributed by atoms with van der Waals surface area (Å²) in [4.78, 5) is 10.6. The topological polar surface area (TPSA) is 29.7 Å². The molecule has 4 nitrogen and oxygen atoms in total. The number of hydrogen-bond donors (Lipinski definition) is 0. The van der Waals surface area contributed by atoms with E-state index in [1.165, 1.54) is 0 Å². The molecule has 0 N–H and O–H groups in total. The van der Waals surface area contributed by atoms with E-state index in [0.717, 1.165) is 16.4 Å². The van der Waals surface area contributed by atoms with E-state index in [1.54, 1.807) is 18.4 Å². The van der Waals surface area contributed by atoms with E-state index in [-0.39, 0.29) is 0 Å². The van der Waals surface area contributed by atoms with Gasteiger partial charge >= 0.3 is 0 Å². The molecule has 0 aliphatic rings. The molecule has 0 saturated heterocycles. The summed E-state index contributed by atoms with van der Waals surface area (Å²) < 4.78 is 5.14. The second-order valence-electron chi connectivity index (χ2n) is 2.96. The molecule has 0 unspecified atom stereocenters. The maximum atomic E-state index is 6.73. The summed E-state index contributed by atoms with van der Waals surface area (Å²) in [6, 6.07) is 0. The normalized spacial score (nSPS) is 9.57. The van der Waals surface area contributed by atoms with Crippen LogP contribution in [0.15, 0.2) is 0 Å². The van der Waals surface area contributed by atoms with Crippen molar-refractivity contribution >= 4 is 16.5 Å². The van der Waals surface area contributed by atoms with Crippen molar-refractivity contribution in [3.63, 3.8) is 0 Å². The molecule has 0 atom stereocenters. The highest BCUT2D eigenvalue weighted by Gasteiger charge is 2.13. The maximum Gasteiger partial charge on any atom is 0.229 e. The third-order valence-corrected chi connectivity index (χ3v) is 2.94. The Labute approximate surface area is 88.0 Å². The number of methoxy groups -OCH3 is 1. The van der Waals surface area contributed by atoms with Crippen molar-refractivity contribution in [1.82, 2.24) is 4.98 Å². The number of anilines is 1. The van der Waals surface area contributed by atoms with Gasteiger partial charge < -0.3 is 14.5 Å². The molecule has 0 aliphatic heterocycles. The highest BCUT2D eigenvalue weighted by Crippen LogP contribution is 2.30. The van der Waals surface area contributed by atoms with Gasteiger partial charge in [0.05, 0.1) is 18.4 Å². The molecule has 0 bridgehead atoms. The fourth-order valence-corrected chi connectivity index (χ4v) is 1.93. The molecule has 0 aliphatic carbocycles. The average Bonchev–Trinajstić information content (AvgIpc) is 2.57. The summed E-state index contributed by atoms with van der Waals surface area (Å²) >= 11 is 1.58. The molecular formula is C9H13N3OS. The third kappa shape index (κ3) is 2.36. The molecule has 1 heterocycles. The smallest absolute Gasteiger partial charge is 0.229 e. The minimum absolute atomic E-state index is 0.491. The van der Waals surface area contributed by atoms with Gasteiger partial charge in [-0.05, 0) is 0 Å². The van der Waals surface area contributed by atoms with E-state index in [2.05, 4.69) is 9.83 Å². The molecule has 1 aromatic rings. The Morgan fingerprint density at radius 1 is 1.57 bits per heavy atom. The van der Waals surface area contributed by atoms with E-state index in [0.29, 0.717) is 12.4 Å². The molecule has 5 heteroatoms. The molecule has 0 aromatic carbocycles. The standard InChI is InChI=1S/C9H13N3OS/c1-10-6-5-7-8(13-4)11-9(14-7)12(2)3/h5-6H2,2-4H3. The van der Waals surface area contributed by atoms with Gasteiger partial charge in [0.2, 0.25) is 12.4 Å². The first kappa shape index (κ1) is 10.8. The fourth-order valence-electron chi connectivity index (χ4n) is 0.992. The van der Waals surface area contributed by atoms with Crippen LogP contribution in [0.5, 0.6) is 5.88 Å². The summed E-state index contributed by atoms with van der Waals surface area (Å²) in [6.07, 6.45) is 0.720. The predicted octanol–water partition coefficient (Wildman–Crippen LogP) is 1.68. The van der Waals surface area contributed by atoms with Gasteiger partial charge in [0.1, 0.15) is 0 Å². The molecule has 0 spiro atoms. The lowest BCUT2D eigenvalue weighted by molar-refractivity contribution is 0.396. The number of nitrogens with zero attached hydrogens (tertiary/aromatic N) is 3. The van der Waals surface area contributed by atoms with Crippen molar-refractivity contribution in [2.24, 2.45) is 0 Å². The molecule has 0 fully saturated rings. The summed E-state index contributed by atoms with van der Waals surface area (Å²) in [5.74, 6) is 0.655. The Morgan fingerprint density at radius 2 is 2.29 bits per heavy atom. The van der Waals surface area contributed by atoms with Gasteiger partial charge in [0, 0.05) is 14.1 Å². The Balaban J connectivity index is 2.86. The molecule has 76 valence electrons.